The van der Waals surface area contributed by atoms with Gasteiger partial charge in [-0.15, -0.1) is 0 Å². The Hall–Kier alpha value is -1.80. The number of nitrogens with one attached hydrogen (secondary N) is 1. The fourth-order valence-corrected chi connectivity index (χ4v) is 2.67. The quantitative estimate of drug-likeness (QED) is 0.564. The number of amides is 3. The number of alkyl halides is 4. The molecule has 0 heterocycles. The van der Waals surface area contributed by atoms with Gasteiger partial charge in [-0.2, -0.15) is 8.78 Å². The van der Waals surface area contributed by atoms with Crippen molar-refractivity contribution in [3.05, 3.63) is 58.1 Å². The van der Waals surface area contributed by atoms with Crippen LogP contribution < -0.4 is 15.0 Å². The van der Waals surface area contributed by atoms with Gasteiger partial charge in [-0.3, -0.25) is 15.0 Å². The lowest BCUT2D eigenvalue weighted by Crippen LogP contribution is -2.41. The van der Waals surface area contributed by atoms with Gasteiger partial charge in [0, 0.05) is 12.7 Å². The summed E-state index contributed by atoms with van der Waals surface area (Å²) in [6.07, 6.45) is -3.78. The zero-order valence-electron chi connectivity index (χ0n) is 14.1. The van der Waals surface area contributed by atoms with Crippen LogP contribution >= 0.6 is 46.4 Å². The van der Waals surface area contributed by atoms with Gasteiger partial charge in [-0.1, -0.05) is 52.5 Å². The first-order valence-electron chi connectivity index (χ1n) is 7.51. The van der Waals surface area contributed by atoms with Gasteiger partial charge in [0.05, 0.1) is 15.6 Å². The second-order valence-corrected chi connectivity index (χ2v) is 7.28. The summed E-state index contributed by atoms with van der Waals surface area (Å²) in [7, 11) is 1.37. The van der Waals surface area contributed by atoms with E-state index in [0.29, 0.717) is 5.69 Å². The Bertz CT molecular complexity index is 859. The van der Waals surface area contributed by atoms with Crippen LogP contribution in [0.25, 0.3) is 0 Å². The number of imide groups is 1. The van der Waals surface area contributed by atoms with Gasteiger partial charge in [0.15, 0.2) is 0 Å². The largest absolute Gasteiger partial charge is 0.431 e. The molecule has 150 valence electrons. The normalized spacial score (nSPS) is 11.3. The molecule has 28 heavy (non-hydrogen) atoms. The summed E-state index contributed by atoms with van der Waals surface area (Å²) in [4.78, 5) is 23.6. The standard InChI is InChI=1S/C17H12Cl4F2N2O3/c1-25(9-5-7-10(8-6-9)28-17(22,23)15(20)21)16(27)24-14(26)13-11(18)3-2-4-12(13)19/h2-8,15H,1H3,(H,24,26,27). The van der Waals surface area contributed by atoms with Crippen LogP contribution in [0.4, 0.5) is 19.3 Å². The number of rotatable bonds is 5. The minimum atomic E-state index is -3.78. The third kappa shape index (κ3) is 5.38. The first-order valence-corrected chi connectivity index (χ1v) is 9.14. The van der Waals surface area contributed by atoms with E-state index in [1.54, 1.807) is 6.07 Å². The van der Waals surface area contributed by atoms with Crippen LogP contribution in [-0.4, -0.2) is 29.9 Å². The molecule has 5 nitrogen and oxygen atoms in total. The summed E-state index contributed by atoms with van der Waals surface area (Å²) in [5.41, 5.74) is 0.245. The van der Waals surface area contributed by atoms with E-state index in [1.165, 1.54) is 43.4 Å². The molecule has 0 aliphatic heterocycles. The number of anilines is 1. The van der Waals surface area contributed by atoms with Crippen LogP contribution in [0, 0.1) is 0 Å². The molecule has 11 heteroatoms. The number of hydrogen-bond acceptors (Lipinski definition) is 3. The molecule has 0 aliphatic carbocycles. The van der Waals surface area contributed by atoms with Crippen LogP contribution in [0.15, 0.2) is 42.5 Å². The van der Waals surface area contributed by atoms with Crippen molar-refractivity contribution in [2.24, 2.45) is 0 Å². The van der Waals surface area contributed by atoms with E-state index in [0.717, 1.165) is 4.90 Å². The van der Waals surface area contributed by atoms with Crippen molar-refractivity contribution < 1.29 is 23.1 Å². The molecule has 1 N–H and O–H groups in total. The zero-order chi connectivity index (χ0) is 21.1. The van der Waals surface area contributed by atoms with Crippen molar-refractivity contribution in [1.29, 1.82) is 0 Å². The van der Waals surface area contributed by atoms with E-state index in [1.807, 2.05) is 0 Å². The summed E-state index contributed by atoms with van der Waals surface area (Å²) in [5, 5.41) is 2.30. The van der Waals surface area contributed by atoms with Crippen molar-refractivity contribution >= 4 is 64.0 Å². The second-order valence-electron chi connectivity index (χ2n) is 5.37. The number of hydrogen-bond donors (Lipinski definition) is 1. The van der Waals surface area contributed by atoms with Crippen molar-refractivity contribution in [1.82, 2.24) is 5.32 Å². The van der Waals surface area contributed by atoms with E-state index in [2.05, 4.69) is 10.1 Å². The Morgan fingerprint density at radius 3 is 2.11 bits per heavy atom. The number of carbonyl (C=O) groups is 2. The summed E-state index contributed by atoms with van der Waals surface area (Å²) >= 11 is 22.1. The van der Waals surface area contributed by atoms with Crippen LogP contribution in [-0.2, 0) is 0 Å². The highest BCUT2D eigenvalue weighted by atomic mass is 35.5. The number of carbonyl (C=O) groups excluding carboxylic acids is 2. The fraction of sp³-hybridized carbons (Fsp3) is 0.176. The smallest absolute Gasteiger partial charge is 0.428 e. The number of ether oxygens (including phenoxy) is 1. The first-order chi connectivity index (χ1) is 13.0. The van der Waals surface area contributed by atoms with Crippen LogP contribution in [0.5, 0.6) is 5.75 Å². The van der Waals surface area contributed by atoms with Crippen LogP contribution in [0.3, 0.4) is 0 Å². The topological polar surface area (TPSA) is 58.6 Å². The molecule has 3 amide bonds. The molecule has 0 bridgehead atoms. The third-order valence-electron chi connectivity index (χ3n) is 3.45. The zero-order valence-corrected chi connectivity index (χ0v) is 17.1. The minimum absolute atomic E-state index is 0.0461. The van der Waals surface area contributed by atoms with E-state index >= 15 is 0 Å². The van der Waals surface area contributed by atoms with E-state index < -0.39 is 22.9 Å². The third-order valence-corrected chi connectivity index (χ3v) is 4.58. The van der Waals surface area contributed by atoms with E-state index in [-0.39, 0.29) is 21.4 Å². The number of nitrogens with zero attached hydrogens (tertiary/aromatic N) is 1. The number of halogens is 6. The summed E-state index contributed by atoms with van der Waals surface area (Å²) in [6, 6.07) is 8.71. The summed E-state index contributed by atoms with van der Waals surface area (Å²) in [5.74, 6) is -1.00. The molecule has 0 aliphatic rings. The maximum absolute atomic E-state index is 13.4. The van der Waals surface area contributed by atoms with Gasteiger partial charge < -0.3 is 4.74 Å². The molecule has 2 aromatic rings. The highest BCUT2D eigenvalue weighted by Crippen LogP contribution is 2.31. The first kappa shape index (κ1) is 22.5. The monoisotopic (exact) mass is 470 g/mol. The van der Waals surface area contributed by atoms with Gasteiger partial charge in [0.2, 0.25) is 4.84 Å². The number of benzene rings is 2. The molecule has 2 aromatic carbocycles. The maximum Gasteiger partial charge on any atom is 0.428 e. The molecule has 0 radical (unpaired) electrons. The fourth-order valence-electron chi connectivity index (χ4n) is 2.01. The van der Waals surface area contributed by atoms with Gasteiger partial charge >= 0.3 is 12.1 Å². The molecular weight excluding hydrogens is 460 g/mol. The van der Waals surface area contributed by atoms with Crippen molar-refractivity contribution in [2.75, 3.05) is 11.9 Å². The van der Waals surface area contributed by atoms with Crippen molar-refractivity contribution in [3.63, 3.8) is 0 Å². The van der Waals surface area contributed by atoms with Gasteiger partial charge in [0.25, 0.3) is 5.91 Å². The lowest BCUT2D eigenvalue weighted by atomic mass is 10.2. The minimum Gasteiger partial charge on any atom is -0.431 e. The Kier molecular flexibility index (Phi) is 7.33. The molecule has 0 saturated carbocycles. The van der Waals surface area contributed by atoms with E-state index in [4.69, 9.17) is 46.4 Å². The maximum atomic E-state index is 13.4. The highest BCUT2D eigenvalue weighted by Gasteiger charge is 2.40. The Morgan fingerprint density at radius 1 is 1.07 bits per heavy atom. The predicted molar refractivity (Wildman–Crippen MR) is 105 cm³/mol. The predicted octanol–water partition coefficient (Wildman–Crippen LogP) is 5.75. The van der Waals surface area contributed by atoms with Crippen molar-refractivity contribution in [3.8, 4) is 5.75 Å². The summed E-state index contributed by atoms with van der Waals surface area (Å²) in [6.45, 7) is 0. The highest BCUT2D eigenvalue weighted by molar-refractivity contribution is 6.44. The molecule has 2 rings (SSSR count). The lowest BCUT2D eigenvalue weighted by molar-refractivity contribution is -0.163. The second kappa shape index (κ2) is 9.13. The SMILES string of the molecule is CN(C(=O)NC(=O)c1c(Cl)cccc1Cl)c1ccc(OC(F)(F)C(Cl)Cl)cc1. The Morgan fingerprint density at radius 2 is 1.61 bits per heavy atom. The van der Waals surface area contributed by atoms with E-state index in [9.17, 15) is 18.4 Å². The van der Waals surface area contributed by atoms with Crippen LogP contribution in [0.1, 0.15) is 10.4 Å². The van der Waals surface area contributed by atoms with Gasteiger partial charge in [-0.25, -0.2) is 4.79 Å². The summed E-state index contributed by atoms with van der Waals surface area (Å²) < 4.78 is 31.1. The molecule has 0 atom stereocenters. The Balaban J connectivity index is 2.08. The molecular formula is C17H12Cl4F2N2O3. The van der Waals surface area contributed by atoms with Crippen LogP contribution in [0.2, 0.25) is 10.0 Å². The molecule has 0 fully saturated rings. The molecule has 0 aromatic heterocycles. The van der Waals surface area contributed by atoms with Gasteiger partial charge in [-0.05, 0) is 36.4 Å². The van der Waals surface area contributed by atoms with Gasteiger partial charge in [0.1, 0.15) is 5.75 Å². The molecule has 0 saturated heterocycles. The average Bonchev–Trinajstić information content (AvgIpc) is 2.61. The Labute approximate surface area is 179 Å². The molecule has 0 spiro atoms. The molecule has 0 unspecified atom stereocenters. The average molecular weight is 472 g/mol. The lowest BCUT2D eigenvalue weighted by Gasteiger charge is -2.20. The van der Waals surface area contributed by atoms with Crippen molar-refractivity contribution in [2.45, 2.75) is 10.9 Å². The number of urea groups is 1.